The zero-order chi connectivity index (χ0) is 20.9. The quantitative estimate of drug-likeness (QED) is 0.811. The first-order valence-corrected chi connectivity index (χ1v) is 9.01. The van der Waals surface area contributed by atoms with Gasteiger partial charge in [0.25, 0.3) is 0 Å². The molecule has 0 spiro atoms. The van der Waals surface area contributed by atoms with Crippen molar-refractivity contribution in [3.8, 4) is 0 Å². The minimum Gasteiger partial charge on any atom is -0.378 e. The summed E-state index contributed by atoms with van der Waals surface area (Å²) in [6.07, 6.45) is -4.16. The van der Waals surface area contributed by atoms with Crippen LogP contribution in [0.25, 0.3) is 0 Å². The van der Waals surface area contributed by atoms with E-state index >= 15 is 0 Å². The van der Waals surface area contributed by atoms with E-state index < -0.39 is 17.8 Å². The summed E-state index contributed by atoms with van der Waals surface area (Å²) < 4.78 is 42.9. The number of benzene rings is 2. The summed E-state index contributed by atoms with van der Waals surface area (Å²) in [4.78, 5) is 26.0. The lowest BCUT2D eigenvalue weighted by atomic mass is 10.1. The fraction of sp³-hybridized carbons (Fsp3) is 0.300. The average Bonchev–Trinajstić information content (AvgIpc) is 2.70. The Bertz CT molecular complexity index is 846. The van der Waals surface area contributed by atoms with E-state index in [1.807, 2.05) is 0 Å². The van der Waals surface area contributed by atoms with Crippen LogP contribution in [0.5, 0.6) is 0 Å². The van der Waals surface area contributed by atoms with Gasteiger partial charge in [0, 0.05) is 24.5 Å². The smallest absolute Gasteiger partial charge is 0.378 e. The molecule has 2 N–H and O–H groups in total. The number of hydrogen-bond acceptors (Lipinski definition) is 3. The maximum atomic E-state index is 12.6. The Balaban J connectivity index is 1.51. The Morgan fingerprint density at radius 3 is 1.93 bits per heavy atom. The molecule has 1 aliphatic heterocycles. The summed E-state index contributed by atoms with van der Waals surface area (Å²) in [5.74, 6) is 0.0223. The second-order valence-corrected chi connectivity index (χ2v) is 6.52. The molecule has 1 heterocycles. The molecule has 0 saturated carbocycles. The normalized spacial score (nSPS) is 14.4. The van der Waals surface area contributed by atoms with Gasteiger partial charge in [-0.25, -0.2) is 4.79 Å². The second kappa shape index (κ2) is 8.95. The van der Waals surface area contributed by atoms with Gasteiger partial charge in [-0.1, -0.05) is 12.1 Å². The molecule has 3 rings (SSSR count). The van der Waals surface area contributed by atoms with Crippen LogP contribution < -0.4 is 10.6 Å². The molecule has 1 aliphatic rings. The van der Waals surface area contributed by atoms with Crippen LogP contribution in [-0.2, 0) is 22.1 Å². The van der Waals surface area contributed by atoms with Crippen molar-refractivity contribution in [1.82, 2.24) is 4.90 Å². The Labute approximate surface area is 165 Å². The van der Waals surface area contributed by atoms with Crippen LogP contribution in [0, 0.1) is 0 Å². The van der Waals surface area contributed by atoms with Gasteiger partial charge in [-0.15, -0.1) is 0 Å². The number of carbonyl (C=O) groups excluding carboxylic acids is 2. The number of carbonyl (C=O) groups is 2. The number of anilines is 2. The molecule has 3 amide bonds. The molecule has 154 valence electrons. The minimum absolute atomic E-state index is 0.0223. The van der Waals surface area contributed by atoms with E-state index in [0.717, 1.165) is 17.7 Å². The molecule has 1 fully saturated rings. The molecule has 1 saturated heterocycles. The van der Waals surface area contributed by atoms with Gasteiger partial charge in [0.15, 0.2) is 0 Å². The van der Waals surface area contributed by atoms with E-state index in [1.54, 1.807) is 29.2 Å². The maximum Gasteiger partial charge on any atom is 0.416 e. The topological polar surface area (TPSA) is 70.7 Å². The zero-order valence-electron chi connectivity index (χ0n) is 15.5. The van der Waals surface area contributed by atoms with Crippen molar-refractivity contribution in [2.75, 3.05) is 36.9 Å². The number of hydrogen-bond donors (Lipinski definition) is 2. The van der Waals surface area contributed by atoms with Crippen molar-refractivity contribution in [3.63, 3.8) is 0 Å². The highest BCUT2D eigenvalue weighted by atomic mass is 19.4. The third kappa shape index (κ3) is 5.95. The van der Waals surface area contributed by atoms with E-state index in [9.17, 15) is 22.8 Å². The molecule has 0 unspecified atom stereocenters. The standard InChI is InChI=1S/C20H20F3N3O3/c21-20(22,23)15-3-7-17(8-4-15)25-19(28)24-16-5-1-14(2-6-16)13-18(27)26-9-11-29-12-10-26/h1-8H,9-13H2,(H2,24,25,28). The number of nitrogens with one attached hydrogen (secondary N) is 2. The number of halogens is 3. The lowest BCUT2D eigenvalue weighted by molar-refractivity contribution is -0.137. The monoisotopic (exact) mass is 407 g/mol. The SMILES string of the molecule is O=C(Nc1ccc(CC(=O)N2CCOCC2)cc1)Nc1ccc(C(F)(F)F)cc1. The Morgan fingerprint density at radius 1 is 0.897 bits per heavy atom. The zero-order valence-corrected chi connectivity index (χ0v) is 15.5. The van der Waals surface area contributed by atoms with Crippen molar-refractivity contribution in [3.05, 3.63) is 59.7 Å². The molecule has 0 radical (unpaired) electrons. The third-order valence-electron chi connectivity index (χ3n) is 4.40. The molecular formula is C20H20F3N3O3. The van der Waals surface area contributed by atoms with Gasteiger partial charge in [-0.05, 0) is 42.0 Å². The van der Waals surface area contributed by atoms with Gasteiger partial charge in [-0.3, -0.25) is 4.79 Å². The molecule has 0 aliphatic carbocycles. The third-order valence-corrected chi connectivity index (χ3v) is 4.40. The predicted octanol–water partition coefficient (Wildman–Crippen LogP) is 3.75. The van der Waals surface area contributed by atoms with Crippen LogP contribution in [0.3, 0.4) is 0 Å². The summed E-state index contributed by atoms with van der Waals surface area (Å²) in [6.45, 7) is 2.26. The number of morpholine rings is 1. The van der Waals surface area contributed by atoms with Gasteiger partial charge in [0.05, 0.1) is 25.2 Å². The number of rotatable bonds is 4. The van der Waals surface area contributed by atoms with Gasteiger partial charge in [0.2, 0.25) is 5.91 Å². The van der Waals surface area contributed by atoms with Gasteiger partial charge < -0.3 is 20.3 Å². The Kier molecular flexibility index (Phi) is 6.38. The minimum atomic E-state index is -4.42. The van der Waals surface area contributed by atoms with Crippen LogP contribution in [0.15, 0.2) is 48.5 Å². The van der Waals surface area contributed by atoms with Crippen molar-refractivity contribution >= 4 is 23.3 Å². The summed E-state index contributed by atoms with van der Waals surface area (Å²) in [7, 11) is 0. The molecule has 0 aromatic heterocycles. The Hall–Kier alpha value is -3.07. The summed E-state index contributed by atoms with van der Waals surface area (Å²) >= 11 is 0. The lowest BCUT2D eigenvalue weighted by Crippen LogP contribution is -2.41. The van der Waals surface area contributed by atoms with Crippen LogP contribution in [0.4, 0.5) is 29.3 Å². The molecule has 0 atom stereocenters. The number of urea groups is 1. The average molecular weight is 407 g/mol. The summed E-state index contributed by atoms with van der Waals surface area (Å²) in [5, 5.41) is 5.06. The number of amides is 3. The van der Waals surface area contributed by atoms with Gasteiger partial charge >= 0.3 is 12.2 Å². The lowest BCUT2D eigenvalue weighted by Gasteiger charge is -2.26. The first kappa shape index (κ1) is 20.7. The Morgan fingerprint density at radius 2 is 1.41 bits per heavy atom. The molecule has 2 aromatic rings. The first-order valence-electron chi connectivity index (χ1n) is 9.01. The molecule has 2 aromatic carbocycles. The van der Waals surface area contributed by atoms with E-state index in [0.29, 0.717) is 32.0 Å². The number of ether oxygens (including phenoxy) is 1. The first-order chi connectivity index (χ1) is 13.8. The maximum absolute atomic E-state index is 12.6. The fourth-order valence-corrected chi connectivity index (χ4v) is 2.84. The molecule has 9 heteroatoms. The molecular weight excluding hydrogens is 387 g/mol. The van der Waals surface area contributed by atoms with Crippen LogP contribution in [-0.4, -0.2) is 43.1 Å². The van der Waals surface area contributed by atoms with Gasteiger partial charge in [0.1, 0.15) is 0 Å². The van der Waals surface area contributed by atoms with Crippen molar-refractivity contribution in [2.45, 2.75) is 12.6 Å². The summed E-state index contributed by atoms with van der Waals surface area (Å²) in [6, 6.07) is 10.4. The molecule has 29 heavy (non-hydrogen) atoms. The van der Waals surface area contributed by atoms with Crippen LogP contribution in [0.2, 0.25) is 0 Å². The molecule has 6 nitrogen and oxygen atoms in total. The van der Waals surface area contributed by atoms with E-state index in [-0.39, 0.29) is 18.0 Å². The second-order valence-electron chi connectivity index (χ2n) is 6.52. The number of alkyl halides is 3. The van der Waals surface area contributed by atoms with Crippen LogP contribution >= 0.6 is 0 Å². The van der Waals surface area contributed by atoms with Gasteiger partial charge in [-0.2, -0.15) is 13.2 Å². The fourth-order valence-electron chi connectivity index (χ4n) is 2.84. The number of nitrogens with zero attached hydrogens (tertiary/aromatic N) is 1. The van der Waals surface area contributed by atoms with Crippen molar-refractivity contribution in [1.29, 1.82) is 0 Å². The highest BCUT2D eigenvalue weighted by molar-refractivity contribution is 5.99. The highest BCUT2D eigenvalue weighted by Crippen LogP contribution is 2.29. The highest BCUT2D eigenvalue weighted by Gasteiger charge is 2.30. The van der Waals surface area contributed by atoms with E-state index in [2.05, 4.69) is 10.6 Å². The van der Waals surface area contributed by atoms with Crippen LogP contribution in [0.1, 0.15) is 11.1 Å². The van der Waals surface area contributed by atoms with Crippen molar-refractivity contribution in [2.24, 2.45) is 0 Å². The summed E-state index contributed by atoms with van der Waals surface area (Å²) in [5.41, 5.74) is 0.765. The largest absolute Gasteiger partial charge is 0.416 e. The van der Waals surface area contributed by atoms with E-state index in [1.165, 1.54) is 12.1 Å². The predicted molar refractivity (Wildman–Crippen MR) is 102 cm³/mol. The van der Waals surface area contributed by atoms with E-state index in [4.69, 9.17) is 4.74 Å². The molecule has 0 bridgehead atoms. The van der Waals surface area contributed by atoms with Crippen molar-refractivity contribution < 1.29 is 27.5 Å².